The fourth-order valence-corrected chi connectivity index (χ4v) is 5.31. The van der Waals surface area contributed by atoms with Gasteiger partial charge in [-0.05, 0) is 24.3 Å². The summed E-state index contributed by atoms with van der Waals surface area (Å²) in [7, 11) is 0. The predicted octanol–water partition coefficient (Wildman–Crippen LogP) is 5.16. The Hall–Kier alpha value is 0.320. The first kappa shape index (κ1) is 12.8. The number of benzene rings is 1. The van der Waals surface area contributed by atoms with Crippen molar-refractivity contribution in [3.8, 4) is 10.4 Å². The summed E-state index contributed by atoms with van der Waals surface area (Å²) in [6.45, 7) is 0.594. The van der Waals surface area contributed by atoms with E-state index in [1.807, 2.05) is 12.1 Å². The quantitative estimate of drug-likeness (QED) is 0.706. The summed E-state index contributed by atoms with van der Waals surface area (Å²) in [4.78, 5) is 2.41. The molecular weight excluding hydrogens is 418 g/mol. The molecule has 16 heavy (non-hydrogen) atoms. The Balaban J connectivity index is 2.55. The van der Waals surface area contributed by atoms with Gasteiger partial charge in [-0.1, -0.05) is 47.8 Å². The van der Waals surface area contributed by atoms with E-state index in [9.17, 15) is 0 Å². The van der Waals surface area contributed by atoms with Gasteiger partial charge >= 0.3 is 0 Å². The van der Waals surface area contributed by atoms with Gasteiger partial charge in [0.15, 0.2) is 0 Å². The molecule has 0 atom stereocenters. The zero-order chi connectivity index (χ0) is 11.7. The van der Waals surface area contributed by atoms with Gasteiger partial charge in [-0.15, -0.1) is 11.3 Å². The van der Waals surface area contributed by atoms with E-state index in [0.29, 0.717) is 6.54 Å². The number of rotatable bonds is 2. The third kappa shape index (κ3) is 2.59. The third-order valence-electron chi connectivity index (χ3n) is 2.12. The first-order valence-electron chi connectivity index (χ1n) is 4.55. The molecule has 0 bridgehead atoms. The van der Waals surface area contributed by atoms with Crippen LogP contribution in [-0.2, 0) is 6.54 Å². The molecule has 0 saturated heterocycles. The molecule has 2 N–H and O–H groups in total. The molecule has 84 valence electrons. The summed E-state index contributed by atoms with van der Waals surface area (Å²) in [5.74, 6) is 0. The molecule has 2 aromatic rings. The Labute approximate surface area is 123 Å². The highest BCUT2D eigenvalue weighted by atomic mass is 79.9. The molecule has 2 rings (SSSR count). The standard InChI is InChI=1S/C11H8Br3NS/c12-6-3-8(13)11(9(14)4-6)10-2-1-7(5-15)16-10/h1-4H,5,15H2. The zero-order valence-corrected chi connectivity index (χ0v) is 13.7. The van der Waals surface area contributed by atoms with Crippen LogP contribution in [0.1, 0.15) is 4.88 Å². The first-order valence-corrected chi connectivity index (χ1v) is 7.75. The number of nitrogens with two attached hydrogens (primary N) is 1. The Kier molecular flexibility index (Phi) is 4.24. The largest absolute Gasteiger partial charge is 0.326 e. The molecule has 0 amide bonds. The van der Waals surface area contributed by atoms with Crippen LogP contribution in [0.5, 0.6) is 0 Å². The molecule has 0 saturated carbocycles. The fraction of sp³-hybridized carbons (Fsp3) is 0.0909. The van der Waals surface area contributed by atoms with E-state index in [0.717, 1.165) is 13.4 Å². The topological polar surface area (TPSA) is 26.0 Å². The van der Waals surface area contributed by atoms with Crippen LogP contribution in [0.4, 0.5) is 0 Å². The highest BCUT2D eigenvalue weighted by Crippen LogP contribution is 2.40. The summed E-state index contributed by atoms with van der Waals surface area (Å²) in [6.07, 6.45) is 0. The summed E-state index contributed by atoms with van der Waals surface area (Å²) in [5, 5.41) is 0. The van der Waals surface area contributed by atoms with E-state index in [1.165, 1.54) is 15.3 Å². The Morgan fingerprint density at radius 2 is 1.69 bits per heavy atom. The maximum Gasteiger partial charge on any atom is 0.0368 e. The second-order valence-corrected chi connectivity index (χ2v) is 7.01. The number of halogens is 3. The van der Waals surface area contributed by atoms with Crippen molar-refractivity contribution >= 4 is 59.1 Å². The smallest absolute Gasteiger partial charge is 0.0368 e. The van der Waals surface area contributed by atoms with Crippen LogP contribution in [0.15, 0.2) is 37.7 Å². The lowest BCUT2D eigenvalue weighted by Gasteiger charge is -2.06. The normalized spacial score (nSPS) is 10.8. The average Bonchev–Trinajstić information content (AvgIpc) is 2.64. The molecule has 5 heteroatoms. The highest BCUT2D eigenvalue weighted by molar-refractivity contribution is 9.11. The van der Waals surface area contributed by atoms with Crippen LogP contribution in [0.25, 0.3) is 10.4 Å². The van der Waals surface area contributed by atoms with Crippen molar-refractivity contribution in [1.82, 2.24) is 0 Å². The predicted molar refractivity (Wildman–Crippen MR) is 80.7 cm³/mol. The van der Waals surface area contributed by atoms with Gasteiger partial charge in [0.1, 0.15) is 0 Å². The Bertz CT molecular complexity index is 499. The fourth-order valence-electron chi connectivity index (χ4n) is 1.40. The van der Waals surface area contributed by atoms with Crippen LogP contribution >= 0.6 is 59.1 Å². The van der Waals surface area contributed by atoms with Crippen molar-refractivity contribution in [2.24, 2.45) is 5.73 Å². The van der Waals surface area contributed by atoms with E-state index >= 15 is 0 Å². The highest BCUT2D eigenvalue weighted by Gasteiger charge is 2.11. The van der Waals surface area contributed by atoms with Crippen molar-refractivity contribution in [3.05, 3.63) is 42.6 Å². The first-order chi connectivity index (χ1) is 7.61. The number of thiophene rings is 1. The van der Waals surface area contributed by atoms with E-state index in [2.05, 4.69) is 59.9 Å². The summed E-state index contributed by atoms with van der Waals surface area (Å²) in [6, 6.07) is 8.26. The van der Waals surface area contributed by atoms with E-state index in [4.69, 9.17) is 5.73 Å². The molecule has 0 radical (unpaired) electrons. The van der Waals surface area contributed by atoms with Crippen LogP contribution in [0, 0.1) is 0 Å². The molecule has 1 aromatic heterocycles. The molecule has 0 spiro atoms. The molecule has 0 fully saturated rings. The van der Waals surface area contributed by atoms with Crippen LogP contribution < -0.4 is 5.73 Å². The second-order valence-electron chi connectivity index (χ2n) is 3.21. The minimum absolute atomic E-state index is 0.594. The van der Waals surface area contributed by atoms with Gasteiger partial charge in [0, 0.05) is 35.3 Å². The Morgan fingerprint density at radius 1 is 1.06 bits per heavy atom. The SMILES string of the molecule is NCc1ccc(-c2c(Br)cc(Br)cc2Br)s1. The van der Waals surface area contributed by atoms with Crippen LogP contribution in [0.3, 0.4) is 0 Å². The maximum atomic E-state index is 5.62. The molecule has 0 aliphatic rings. The summed E-state index contributed by atoms with van der Waals surface area (Å²) in [5.41, 5.74) is 6.79. The van der Waals surface area contributed by atoms with Crippen molar-refractivity contribution in [1.29, 1.82) is 0 Å². The molecule has 1 aromatic carbocycles. The van der Waals surface area contributed by atoms with Crippen molar-refractivity contribution in [3.63, 3.8) is 0 Å². The molecule has 0 aliphatic heterocycles. The van der Waals surface area contributed by atoms with Gasteiger partial charge in [0.05, 0.1) is 0 Å². The zero-order valence-electron chi connectivity index (χ0n) is 8.14. The van der Waals surface area contributed by atoms with E-state index in [1.54, 1.807) is 11.3 Å². The Morgan fingerprint density at radius 3 is 2.19 bits per heavy atom. The van der Waals surface area contributed by atoms with Crippen molar-refractivity contribution in [2.75, 3.05) is 0 Å². The van der Waals surface area contributed by atoms with Gasteiger partial charge < -0.3 is 5.73 Å². The van der Waals surface area contributed by atoms with Gasteiger partial charge in [-0.25, -0.2) is 0 Å². The lowest BCUT2D eigenvalue weighted by molar-refractivity contribution is 1.11. The van der Waals surface area contributed by atoms with Gasteiger partial charge in [0.25, 0.3) is 0 Å². The molecule has 1 heterocycles. The van der Waals surface area contributed by atoms with Crippen molar-refractivity contribution < 1.29 is 0 Å². The molecule has 0 unspecified atom stereocenters. The minimum atomic E-state index is 0.594. The molecule has 1 nitrogen and oxygen atoms in total. The minimum Gasteiger partial charge on any atom is -0.326 e. The summed E-state index contributed by atoms with van der Waals surface area (Å²) >= 11 is 12.3. The van der Waals surface area contributed by atoms with Crippen LogP contribution in [-0.4, -0.2) is 0 Å². The van der Waals surface area contributed by atoms with Gasteiger partial charge in [-0.2, -0.15) is 0 Å². The number of hydrogen-bond donors (Lipinski definition) is 1. The monoisotopic (exact) mass is 423 g/mol. The average molecular weight is 426 g/mol. The van der Waals surface area contributed by atoms with E-state index < -0.39 is 0 Å². The third-order valence-corrected chi connectivity index (χ3v) is 4.95. The lowest BCUT2D eigenvalue weighted by Crippen LogP contribution is -1.91. The van der Waals surface area contributed by atoms with Crippen LogP contribution in [0.2, 0.25) is 0 Å². The summed E-state index contributed by atoms with van der Waals surface area (Å²) < 4.78 is 3.18. The maximum absolute atomic E-state index is 5.62. The second kappa shape index (κ2) is 5.31. The van der Waals surface area contributed by atoms with Gasteiger partial charge in [-0.3, -0.25) is 0 Å². The number of hydrogen-bond acceptors (Lipinski definition) is 2. The van der Waals surface area contributed by atoms with Crippen molar-refractivity contribution in [2.45, 2.75) is 6.54 Å². The lowest BCUT2D eigenvalue weighted by atomic mass is 10.2. The van der Waals surface area contributed by atoms with Gasteiger partial charge in [0.2, 0.25) is 0 Å². The molecule has 0 aliphatic carbocycles. The van der Waals surface area contributed by atoms with E-state index in [-0.39, 0.29) is 0 Å². The molecular formula is C11H8Br3NS.